The lowest BCUT2D eigenvalue weighted by Crippen LogP contribution is -2.48. The molecule has 0 N–H and O–H groups in total. The Morgan fingerprint density at radius 1 is 0.500 bits per heavy atom. The van der Waals surface area contributed by atoms with Crippen LogP contribution in [-0.4, -0.2) is 87.8 Å². The van der Waals surface area contributed by atoms with Gasteiger partial charge in [-0.25, -0.2) is 26.8 Å². The summed E-state index contributed by atoms with van der Waals surface area (Å²) in [5.41, 5.74) is 6.81. The minimum Gasteiger partial charge on any atom is -0.345 e. The molecular formula is C42H40Cl6N6O4S4. The van der Waals surface area contributed by atoms with Crippen molar-refractivity contribution >= 4 is 123 Å². The van der Waals surface area contributed by atoms with Crippen LogP contribution < -0.4 is 9.80 Å². The summed E-state index contributed by atoms with van der Waals surface area (Å²) in [4.78, 5) is 14.0. The quantitative estimate of drug-likeness (QED) is 0.134. The summed E-state index contributed by atoms with van der Waals surface area (Å²) < 4.78 is 54.8. The summed E-state index contributed by atoms with van der Waals surface area (Å²) in [5.74, 6) is 0. The molecule has 0 unspecified atom stereocenters. The normalized spacial score (nSPS) is 15.4. The van der Waals surface area contributed by atoms with Gasteiger partial charge in [0.1, 0.15) is 0 Å². The van der Waals surface area contributed by atoms with E-state index in [1.54, 1.807) is 28.7 Å². The van der Waals surface area contributed by atoms with Gasteiger partial charge in [0.25, 0.3) is 0 Å². The largest absolute Gasteiger partial charge is 0.345 e. The average molecular weight is 1030 g/mol. The molecule has 2 aliphatic rings. The Morgan fingerprint density at radius 3 is 1.31 bits per heavy atom. The SMILES string of the molecule is Cc1ccc(Cc2csc(N3CCN(S(=O)(=O)c4cc(Cl)cc(Cl)c4)CC3)n2)cc1C.O=S(=O)(c1cc(Cl)cc(Cl)c1)N1CCN(c2nc(Cc3ccc(Cl)c(Cl)c3)cs2)CC1. The number of aryl methyl sites for hydroxylation is 2. The molecule has 0 amide bonds. The lowest BCUT2D eigenvalue weighted by Gasteiger charge is -2.33. The third-order valence-electron chi connectivity index (χ3n) is 10.4. The molecule has 0 aliphatic carbocycles. The molecule has 62 heavy (non-hydrogen) atoms. The Bertz CT molecular complexity index is 2560. The molecule has 2 aromatic heterocycles. The van der Waals surface area contributed by atoms with Crippen LogP contribution in [-0.2, 0) is 32.9 Å². The van der Waals surface area contributed by atoms with Gasteiger partial charge in [0.15, 0.2) is 10.3 Å². The zero-order chi connectivity index (χ0) is 44.3. The molecule has 4 aromatic carbocycles. The van der Waals surface area contributed by atoms with Gasteiger partial charge in [-0.2, -0.15) is 8.61 Å². The van der Waals surface area contributed by atoms with E-state index in [9.17, 15) is 16.8 Å². The number of anilines is 2. The number of thiazole rings is 2. The number of nitrogens with zero attached hydrogens (tertiary/aromatic N) is 6. The maximum Gasteiger partial charge on any atom is 0.243 e. The fourth-order valence-corrected chi connectivity index (χ4v) is 13.3. The predicted molar refractivity (Wildman–Crippen MR) is 257 cm³/mol. The minimum atomic E-state index is -3.66. The smallest absolute Gasteiger partial charge is 0.243 e. The van der Waals surface area contributed by atoms with Crippen LogP contribution in [0.2, 0.25) is 30.1 Å². The Kier molecular flexibility index (Phi) is 15.4. The molecule has 10 nitrogen and oxygen atoms in total. The maximum atomic E-state index is 13.0. The molecule has 328 valence electrons. The van der Waals surface area contributed by atoms with Gasteiger partial charge in [0.2, 0.25) is 20.0 Å². The fraction of sp³-hybridized carbons (Fsp3) is 0.286. The van der Waals surface area contributed by atoms with Crippen LogP contribution in [0, 0.1) is 13.8 Å². The topological polar surface area (TPSA) is 107 Å². The van der Waals surface area contributed by atoms with Crippen LogP contribution in [0.1, 0.15) is 33.6 Å². The third kappa shape index (κ3) is 11.6. The van der Waals surface area contributed by atoms with Gasteiger partial charge in [0.05, 0.1) is 31.2 Å². The Morgan fingerprint density at radius 2 is 0.903 bits per heavy atom. The first-order valence-electron chi connectivity index (χ1n) is 19.3. The van der Waals surface area contributed by atoms with Crippen molar-refractivity contribution in [3.63, 3.8) is 0 Å². The van der Waals surface area contributed by atoms with Crippen molar-refractivity contribution in [3.05, 3.63) is 147 Å². The van der Waals surface area contributed by atoms with Gasteiger partial charge in [-0.3, -0.25) is 0 Å². The van der Waals surface area contributed by atoms with Crippen molar-refractivity contribution in [3.8, 4) is 0 Å². The highest BCUT2D eigenvalue weighted by molar-refractivity contribution is 7.89. The van der Waals surface area contributed by atoms with Crippen LogP contribution in [0.4, 0.5) is 10.3 Å². The standard InChI is InChI=1S/C22H23Cl2N3O2S2.C20H17Cl4N3O2S2/c1-15-3-4-17(9-16(15)2)10-20-14-30-22(25-20)26-5-7-27(8-6-26)31(28,29)21-12-18(23)11-19(24)13-21;21-14-9-15(22)11-17(10-14)31(28,29)27-5-3-26(4-6-27)20-25-16(12-30-20)7-13-1-2-18(23)19(24)8-13/h3-4,9,11-14H,5-8,10H2,1-2H3;1-2,8-12H,3-7H2. The van der Waals surface area contributed by atoms with E-state index in [2.05, 4.69) is 47.2 Å². The number of hydrogen-bond donors (Lipinski definition) is 0. The molecular weight excluding hydrogens is 993 g/mol. The Labute approximate surface area is 400 Å². The molecule has 0 spiro atoms. The summed E-state index contributed by atoms with van der Waals surface area (Å²) in [6.45, 7) is 7.99. The summed E-state index contributed by atoms with van der Waals surface area (Å²) >= 11 is 39.2. The van der Waals surface area contributed by atoms with E-state index in [-0.39, 0.29) is 9.79 Å². The van der Waals surface area contributed by atoms with E-state index < -0.39 is 20.0 Å². The van der Waals surface area contributed by atoms with Crippen molar-refractivity contribution in [1.29, 1.82) is 0 Å². The van der Waals surface area contributed by atoms with E-state index in [1.165, 1.54) is 61.7 Å². The summed E-state index contributed by atoms with van der Waals surface area (Å²) in [5, 5.41) is 8.15. The van der Waals surface area contributed by atoms with Gasteiger partial charge in [-0.1, -0.05) is 93.9 Å². The van der Waals surface area contributed by atoms with E-state index in [0.29, 0.717) is 88.9 Å². The van der Waals surface area contributed by atoms with E-state index in [4.69, 9.17) is 79.6 Å². The number of hydrogen-bond acceptors (Lipinski definition) is 10. The first-order valence-corrected chi connectivity index (χ1v) is 26.2. The number of aromatic nitrogens is 2. The number of rotatable bonds is 10. The van der Waals surface area contributed by atoms with E-state index in [0.717, 1.165) is 33.6 Å². The molecule has 0 saturated carbocycles. The van der Waals surface area contributed by atoms with E-state index >= 15 is 0 Å². The van der Waals surface area contributed by atoms with Gasteiger partial charge in [-0.05, 0) is 84.6 Å². The number of halogens is 6. The first-order chi connectivity index (χ1) is 29.4. The highest BCUT2D eigenvalue weighted by atomic mass is 35.5. The van der Waals surface area contributed by atoms with Crippen molar-refractivity contribution in [2.75, 3.05) is 62.2 Å². The zero-order valence-corrected chi connectivity index (χ0v) is 41.2. The minimum absolute atomic E-state index is 0.108. The summed E-state index contributed by atoms with van der Waals surface area (Å²) in [7, 11) is -7.29. The number of sulfonamides is 2. The van der Waals surface area contributed by atoms with Crippen molar-refractivity contribution < 1.29 is 16.8 Å². The van der Waals surface area contributed by atoms with Crippen LogP contribution in [0.15, 0.2) is 93.3 Å². The van der Waals surface area contributed by atoms with Gasteiger partial charge < -0.3 is 9.80 Å². The molecule has 0 atom stereocenters. The molecule has 2 fully saturated rings. The van der Waals surface area contributed by atoms with Crippen LogP contribution in [0.5, 0.6) is 0 Å². The molecule has 4 heterocycles. The second-order valence-electron chi connectivity index (χ2n) is 14.8. The van der Waals surface area contributed by atoms with Crippen LogP contribution in [0.3, 0.4) is 0 Å². The number of benzene rings is 4. The molecule has 2 aliphatic heterocycles. The Hall–Kier alpha value is -2.70. The van der Waals surface area contributed by atoms with Crippen LogP contribution >= 0.6 is 92.3 Å². The van der Waals surface area contributed by atoms with Crippen LogP contribution in [0.25, 0.3) is 0 Å². The predicted octanol–water partition coefficient (Wildman–Crippen LogP) is 11.0. The summed E-state index contributed by atoms with van der Waals surface area (Å²) in [6, 6.07) is 20.8. The highest BCUT2D eigenvalue weighted by Crippen LogP contribution is 2.31. The summed E-state index contributed by atoms with van der Waals surface area (Å²) in [6.07, 6.45) is 1.44. The van der Waals surface area contributed by atoms with Gasteiger partial charge in [-0.15, -0.1) is 22.7 Å². The Balaban J connectivity index is 0.000000186. The molecule has 20 heteroatoms. The third-order valence-corrected chi connectivity index (χ3v) is 17.6. The van der Waals surface area contributed by atoms with Crippen molar-refractivity contribution in [2.45, 2.75) is 36.5 Å². The molecule has 2 saturated heterocycles. The monoisotopic (exact) mass is 1030 g/mol. The lowest BCUT2D eigenvalue weighted by molar-refractivity contribution is 0.384. The fourth-order valence-electron chi connectivity index (χ4n) is 6.92. The van der Waals surface area contributed by atoms with Crippen molar-refractivity contribution in [1.82, 2.24) is 18.6 Å². The highest BCUT2D eigenvalue weighted by Gasteiger charge is 2.31. The number of piperazine rings is 2. The molecule has 0 bridgehead atoms. The zero-order valence-electron chi connectivity index (χ0n) is 33.4. The van der Waals surface area contributed by atoms with Gasteiger partial charge >= 0.3 is 0 Å². The van der Waals surface area contributed by atoms with Gasteiger partial charge in [0, 0.05) is 96.1 Å². The molecule has 6 aromatic rings. The molecule has 0 radical (unpaired) electrons. The lowest BCUT2D eigenvalue weighted by atomic mass is 10.0. The average Bonchev–Trinajstić information content (AvgIpc) is 3.90. The first kappa shape index (κ1) is 47.3. The second kappa shape index (κ2) is 20.2. The van der Waals surface area contributed by atoms with Crippen molar-refractivity contribution in [2.24, 2.45) is 0 Å². The molecule has 8 rings (SSSR count). The second-order valence-corrected chi connectivity index (χ2v) is 22.9. The maximum absolute atomic E-state index is 13.0. The van der Waals surface area contributed by atoms with E-state index in [1.807, 2.05) is 17.5 Å².